The smallest absolute Gasteiger partial charge is 0.417 e. The molecule has 0 atom stereocenters. The number of hydrogen-bond acceptors (Lipinski definition) is 6. The Morgan fingerprint density at radius 2 is 1.93 bits per heavy atom. The average Bonchev–Trinajstić information content (AvgIpc) is 2.73. The summed E-state index contributed by atoms with van der Waals surface area (Å²) in [7, 11) is 1.43. The van der Waals surface area contributed by atoms with E-state index >= 15 is 0 Å². The summed E-state index contributed by atoms with van der Waals surface area (Å²) in [5, 5.41) is 4.40. The molecule has 1 aliphatic rings. The number of hydrogen-bond donors (Lipinski definition) is 2. The molecule has 2 aromatic rings. The number of rotatable bonds is 5. The van der Waals surface area contributed by atoms with Gasteiger partial charge in [-0.2, -0.15) is 28.1 Å². The first-order valence-corrected chi connectivity index (χ1v) is 9.59. The van der Waals surface area contributed by atoms with Crippen molar-refractivity contribution in [2.75, 3.05) is 30.4 Å². The highest BCUT2D eigenvalue weighted by atomic mass is 35.5. The largest absolute Gasteiger partial charge is 0.467 e. The molecule has 0 spiro atoms. The number of ether oxygens (including phenoxy) is 1. The van der Waals surface area contributed by atoms with Crippen molar-refractivity contribution < 1.29 is 22.7 Å². The van der Waals surface area contributed by atoms with Crippen LogP contribution in [0.4, 0.5) is 29.6 Å². The molecule has 1 aromatic heterocycles. The van der Waals surface area contributed by atoms with Crippen molar-refractivity contribution in [2.24, 2.45) is 0 Å². The van der Waals surface area contributed by atoms with Crippen LogP contribution in [0.2, 0.25) is 5.02 Å². The molecule has 0 bridgehead atoms. The maximum Gasteiger partial charge on any atom is 0.417 e. The molecule has 2 heterocycles. The fourth-order valence-electron chi connectivity index (χ4n) is 2.95. The Hall–Kier alpha value is -2.82. The average molecular weight is 445 g/mol. The van der Waals surface area contributed by atoms with Crippen LogP contribution in [-0.2, 0) is 12.7 Å². The van der Waals surface area contributed by atoms with Crippen LogP contribution in [0.3, 0.4) is 0 Å². The highest BCUT2D eigenvalue weighted by Crippen LogP contribution is 2.36. The summed E-state index contributed by atoms with van der Waals surface area (Å²) in [5.74, 6) is 0.732. The molecule has 162 valence electrons. The van der Waals surface area contributed by atoms with E-state index in [1.54, 1.807) is 0 Å². The lowest BCUT2D eigenvalue weighted by Gasteiger charge is -2.26. The van der Waals surface area contributed by atoms with Gasteiger partial charge in [0, 0.05) is 18.8 Å². The summed E-state index contributed by atoms with van der Waals surface area (Å²) in [6, 6.07) is 2.52. The third-order valence-corrected chi connectivity index (χ3v) is 4.74. The maximum absolute atomic E-state index is 12.9. The van der Waals surface area contributed by atoms with E-state index in [1.165, 1.54) is 13.2 Å². The lowest BCUT2D eigenvalue weighted by molar-refractivity contribution is -0.137. The number of nitrogens with zero attached hydrogens (tertiary/aromatic N) is 4. The fraction of sp³-hybridized carbons (Fsp3) is 0.444. The molecule has 12 heteroatoms. The van der Waals surface area contributed by atoms with Crippen LogP contribution in [0.5, 0.6) is 6.01 Å². The molecule has 0 saturated carbocycles. The molecular formula is C18H20ClF3N6O2. The lowest BCUT2D eigenvalue weighted by Crippen LogP contribution is -2.32. The molecule has 2 N–H and O–H groups in total. The molecule has 1 saturated heterocycles. The van der Waals surface area contributed by atoms with E-state index in [2.05, 4.69) is 25.6 Å². The van der Waals surface area contributed by atoms with Crippen LogP contribution in [0.1, 0.15) is 30.7 Å². The highest BCUT2D eigenvalue weighted by Gasteiger charge is 2.33. The normalized spacial score (nSPS) is 14.4. The Labute approximate surface area is 175 Å². The zero-order valence-electron chi connectivity index (χ0n) is 16.1. The monoisotopic (exact) mass is 444 g/mol. The van der Waals surface area contributed by atoms with Crippen molar-refractivity contribution in [1.29, 1.82) is 0 Å². The molecule has 1 fully saturated rings. The van der Waals surface area contributed by atoms with Gasteiger partial charge < -0.3 is 20.3 Å². The van der Waals surface area contributed by atoms with Crippen LogP contribution >= 0.6 is 11.6 Å². The van der Waals surface area contributed by atoms with E-state index in [0.717, 1.165) is 44.5 Å². The van der Waals surface area contributed by atoms with Gasteiger partial charge in [-0.15, -0.1) is 0 Å². The van der Waals surface area contributed by atoms with E-state index in [0.29, 0.717) is 5.95 Å². The van der Waals surface area contributed by atoms with Crippen molar-refractivity contribution in [3.8, 4) is 6.01 Å². The predicted octanol–water partition coefficient (Wildman–Crippen LogP) is 3.86. The number of urea groups is 1. The Kier molecular flexibility index (Phi) is 6.80. The van der Waals surface area contributed by atoms with Gasteiger partial charge in [0.25, 0.3) is 0 Å². The lowest BCUT2D eigenvalue weighted by atomic mass is 10.1. The molecule has 1 aromatic carbocycles. The Morgan fingerprint density at radius 3 is 2.60 bits per heavy atom. The van der Waals surface area contributed by atoms with E-state index in [9.17, 15) is 18.0 Å². The van der Waals surface area contributed by atoms with E-state index in [1.807, 2.05) is 4.90 Å². The number of carbonyl (C=O) groups is 1. The molecule has 30 heavy (non-hydrogen) atoms. The fourth-order valence-corrected chi connectivity index (χ4v) is 3.17. The minimum absolute atomic E-state index is 0.0496. The molecule has 1 aliphatic heterocycles. The zero-order chi connectivity index (χ0) is 21.7. The van der Waals surface area contributed by atoms with Crippen LogP contribution in [0, 0.1) is 0 Å². The number of halogens is 4. The summed E-state index contributed by atoms with van der Waals surface area (Å²) in [6.07, 6.45) is -1.42. The summed E-state index contributed by atoms with van der Waals surface area (Å²) in [5.41, 5.74) is -1.08. The number of methoxy groups -OCH3 is 1. The highest BCUT2D eigenvalue weighted by molar-refractivity contribution is 6.31. The second-order valence-electron chi connectivity index (χ2n) is 6.59. The topological polar surface area (TPSA) is 92.3 Å². The standard InChI is InChI=1S/C18H20ClF3N6O2/c1-30-17-26-14(25-15(27-17)28-7-3-2-4-8-28)10-23-16(29)24-11-5-6-13(19)12(9-11)18(20,21)22/h5-6,9H,2-4,7-8,10H2,1H3,(H2,23,24,29). The van der Waals surface area contributed by atoms with Gasteiger partial charge in [-0.25, -0.2) is 4.79 Å². The van der Waals surface area contributed by atoms with Crippen molar-refractivity contribution in [1.82, 2.24) is 20.3 Å². The third-order valence-electron chi connectivity index (χ3n) is 4.41. The van der Waals surface area contributed by atoms with Gasteiger partial charge in [-0.1, -0.05) is 11.6 Å². The Bertz CT molecular complexity index is 906. The second kappa shape index (κ2) is 9.33. The minimum atomic E-state index is -4.63. The van der Waals surface area contributed by atoms with Gasteiger partial charge in [0.15, 0.2) is 5.82 Å². The van der Waals surface area contributed by atoms with Crippen molar-refractivity contribution in [2.45, 2.75) is 32.0 Å². The molecule has 2 amide bonds. The molecule has 0 aliphatic carbocycles. The Morgan fingerprint density at radius 1 is 1.20 bits per heavy atom. The number of alkyl halides is 3. The van der Waals surface area contributed by atoms with Crippen LogP contribution < -0.4 is 20.3 Å². The van der Waals surface area contributed by atoms with Crippen LogP contribution in [0.15, 0.2) is 18.2 Å². The van der Waals surface area contributed by atoms with E-state index in [-0.39, 0.29) is 24.1 Å². The number of carbonyl (C=O) groups excluding carboxylic acids is 1. The van der Waals surface area contributed by atoms with Crippen molar-refractivity contribution in [3.05, 3.63) is 34.6 Å². The first-order valence-electron chi connectivity index (χ1n) is 9.22. The van der Waals surface area contributed by atoms with Gasteiger partial charge in [0.2, 0.25) is 5.95 Å². The number of amides is 2. The Balaban J connectivity index is 1.66. The van der Waals surface area contributed by atoms with E-state index < -0.39 is 22.8 Å². The summed E-state index contributed by atoms with van der Waals surface area (Å²) >= 11 is 5.58. The first kappa shape index (κ1) is 21.9. The second-order valence-corrected chi connectivity index (χ2v) is 6.99. The molecule has 0 radical (unpaired) electrons. The van der Waals surface area contributed by atoms with E-state index in [4.69, 9.17) is 16.3 Å². The van der Waals surface area contributed by atoms with Crippen LogP contribution in [-0.4, -0.2) is 41.2 Å². The maximum atomic E-state index is 12.9. The quantitative estimate of drug-likeness (QED) is 0.727. The summed E-state index contributed by atoms with van der Waals surface area (Å²) < 4.78 is 44.0. The van der Waals surface area contributed by atoms with Gasteiger partial charge in [0.1, 0.15) is 0 Å². The van der Waals surface area contributed by atoms with Gasteiger partial charge in [-0.05, 0) is 37.5 Å². The number of nitrogens with one attached hydrogen (secondary N) is 2. The zero-order valence-corrected chi connectivity index (χ0v) is 16.8. The number of aromatic nitrogens is 3. The number of piperidine rings is 1. The van der Waals surface area contributed by atoms with Crippen molar-refractivity contribution >= 4 is 29.3 Å². The SMILES string of the molecule is COc1nc(CNC(=O)Nc2ccc(Cl)c(C(F)(F)F)c2)nc(N2CCCCC2)n1. The number of benzene rings is 1. The molecular weight excluding hydrogens is 425 g/mol. The van der Waals surface area contributed by atoms with Crippen LogP contribution in [0.25, 0.3) is 0 Å². The predicted molar refractivity (Wildman–Crippen MR) is 105 cm³/mol. The van der Waals surface area contributed by atoms with Gasteiger partial charge >= 0.3 is 18.2 Å². The molecule has 0 unspecified atom stereocenters. The minimum Gasteiger partial charge on any atom is -0.467 e. The first-order chi connectivity index (χ1) is 14.3. The van der Waals surface area contributed by atoms with Crippen molar-refractivity contribution in [3.63, 3.8) is 0 Å². The van der Waals surface area contributed by atoms with Gasteiger partial charge in [0.05, 0.1) is 24.2 Å². The summed E-state index contributed by atoms with van der Waals surface area (Å²) in [6.45, 7) is 1.57. The third kappa shape index (κ3) is 5.62. The molecule has 8 nitrogen and oxygen atoms in total. The molecule has 3 rings (SSSR count). The summed E-state index contributed by atoms with van der Waals surface area (Å²) in [4.78, 5) is 26.8. The van der Waals surface area contributed by atoms with Gasteiger partial charge in [-0.3, -0.25) is 0 Å². The number of anilines is 2.